The van der Waals surface area contributed by atoms with Gasteiger partial charge in [-0.2, -0.15) is 0 Å². The van der Waals surface area contributed by atoms with Crippen LogP contribution in [0.5, 0.6) is 0 Å². The molecule has 1 fully saturated rings. The average Bonchev–Trinajstić information content (AvgIpc) is 2.79. The number of amides is 1. The van der Waals surface area contributed by atoms with Gasteiger partial charge >= 0.3 is 0 Å². The second kappa shape index (κ2) is 9.79. The fourth-order valence-corrected chi connectivity index (χ4v) is 3.97. The molecule has 4 rings (SSSR count). The molecular weight excluding hydrogens is 394 g/mol. The lowest BCUT2D eigenvalue weighted by Crippen LogP contribution is -2.46. The van der Waals surface area contributed by atoms with E-state index in [9.17, 15) is 4.79 Å². The average molecular weight is 420 g/mol. The number of anilines is 1. The van der Waals surface area contributed by atoms with Crippen molar-refractivity contribution in [1.82, 2.24) is 10.2 Å². The van der Waals surface area contributed by atoms with Crippen molar-refractivity contribution in [2.24, 2.45) is 0 Å². The van der Waals surface area contributed by atoms with Crippen molar-refractivity contribution in [3.05, 3.63) is 101 Å². The maximum absolute atomic E-state index is 12.5. The van der Waals surface area contributed by atoms with Crippen LogP contribution in [0, 0.1) is 0 Å². The Labute approximate surface area is 183 Å². The van der Waals surface area contributed by atoms with Crippen molar-refractivity contribution in [2.45, 2.75) is 13.1 Å². The summed E-state index contributed by atoms with van der Waals surface area (Å²) >= 11 is 6.13. The van der Waals surface area contributed by atoms with Crippen LogP contribution in [-0.4, -0.2) is 37.0 Å². The van der Waals surface area contributed by atoms with Gasteiger partial charge in [0.05, 0.1) is 0 Å². The number of halogens is 1. The summed E-state index contributed by atoms with van der Waals surface area (Å²) in [4.78, 5) is 17.4. The van der Waals surface area contributed by atoms with E-state index in [1.165, 1.54) is 11.3 Å². The molecule has 4 nitrogen and oxygen atoms in total. The zero-order chi connectivity index (χ0) is 20.8. The number of hydrogen-bond acceptors (Lipinski definition) is 3. The molecule has 0 radical (unpaired) electrons. The van der Waals surface area contributed by atoms with Crippen molar-refractivity contribution in [3.63, 3.8) is 0 Å². The van der Waals surface area contributed by atoms with Gasteiger partial charge in [0, 0.05) is 55.5 Å². The van der Waals surface area contributed by atoms with Gasteiger partial charge < -0.3 is 10.2 Å². The van der Waals surface area contributed by atoms with Gasteiger partial charge in [-0.15, -0.1) is 0 Å². The lowest BCUT2D eigenvalue weighted by Gasteiger charge is -2.36. The Balaban J connectivity index is 1.31. The summed E-state index contributed by atoms with van der Waals surface area (Å²) in [5.41, 5.74) is 4.15. The first-order valence-corrected chi connectivity index (χ1v) is 10.7. The zero-order valence-corrected chi connectivity index (χ0v) is 17.7. The predicted molar refractivity (Wildman–Crippen MR) is 123 cm³/mol. The molecule has 1 N–H and O–H groups in total. The number of hydrogen-bond donors (Lipinski definition) is 1. The van der Waals surface area contributed by atoms with Crippen LogP contribution in [-0.2, 0) is 13.1 Å². The molecule has 1 aliphatic rings. The molecule has 0 aliphatic carbocycles. The summed E-state index contributed by atoms with van der Waals surface area (Å²) in [6, 6.07) is 25.9. The van der Waals surface area contributed by atoms with E-state index in [4.69, 9.17) is 11.6 Å². The molecular formula is C25H26ClN3O. The molecule has 3 aromatic rings. The fraction of sp³-hybridized carbons (Fsp3) is 0.240. The largest absolute Gasteiger partial charge is 0.369 e. The maximum atomic E-state index is 12.5. The first-order valence-electron chi connectivity index (χ1n) is 10.3. The minimum absolute atomic E-state index is 0.0357. The lowest BCUT2D eigenvalue weighted by atomic mass is 10.1. The van der Waals surface area contributed by atoms with Crippen LogP contribution in [0.4, 0.5) is 5.69 Å². The van der Waals surface area contributed by atoms with Gasteiger partial charge in [0.15, 0.2) is 0 Å². The van der Waals surface area contributed by atoms with Crippen LogP contribution in [0.15, 0.2) is 78.9 Å². The molecule has 0 spiro atoms. The summed E-state index contributed by atoms with van der Waals surface area (Å²) in [5, 5.41) is 3.78. The van der Waals surface area contributed by atoms with Crippen molar-refractivity contribution < 1.29 is 4.79 Å². The van der Waals surface area contributed by atoms with Gasteiger partial charge in [-0.25, -0.2) is 0 Å². The van der Waals surface area contributed by atoms with Crippen molar-refractivity contribution in [3.8, 4) is 0 Å². The number of nitrogens with one attached hydrogen (secondary N) is 1. The summed E-state index contributed by atoms with van der Waals surface area (Å²) in [7, 11) is 0. The summed E-state index contributed by atoms with van der Waals surface area (Å²) < 4.78 is 0. The normalized spacial score (nSPS) is 14.5. The number of carbonyl (C=O) groups excluding carboxylic acids is 1. The lowest BCUT2D eigenvalue weighted by molar-refractivity contribution is 0.0950. The minimum atomic E-state index is -0.0357. The molecule has 0 atom stereocenters. The quantitative estimate of drug-likeness (QED) is 0.634. The second-order valence-electron chi connectivity index (χ2n) is 7.61. The minimum Gasteiger partial charge on any atom is -0.369 e. The van der Waals surface area contributed by atoms with Crippen LogP contribution < -0.4 is 10.2 Å². The SMILES string of the molecule is O=C(NCc1ccccc1)c1cccc(CN2CCN(c3cccc(Cl)c3)CC2)c1. The van der Waals surface area contributed by atoms with Gasteiger partial charge in [0.2, 0.25) is 0 Å². The zero-order valence-electron chi connectivity index (χ0n) is 16.9. The molecule has 1 aliphatic heterocycles. The first kappa shape index (κ1) is 20.5. The van der Waals surface area contributed by atoms with Crippen molar-refractivity contribution in [1.29, 1.82) is 0 Å². The number of benzene rings is 3. The third kappa shape index (κ3) is 5.41. The molecule has 154 valence electrons. The monoisotopic (exact) mass is 419 g/mol. The van der Waals surface area contributed by atoms with Crippen LogP contribution in [0.2, 0.25) is 5.02 Å². The van der Waals surface area contributed by atoms with Gasteiger partial charge in [-0.1, -0.05) is 60.1 Å². The number of nitrogens with zero attached hydrogens (tertiary/aromatic N) is 2. The highest BCUT2D eigenvalue weighted by molar-refractivity contribution is 6.30. The van der Waals surface area contributed by atoms with Crippen LogP contribution in [0.25, 0.3) is 0 Å². The van der Waals surface area contributed by atoms with E-state index in [1.54, 1.807) is 0 Å². The standard InChI is InChI=1S/C25H26ClN3O/c26-23-10-5-11-24(17-23)29-14-12-28(13-15-29)19-21-8-4-9-22(16-21)25(30)27-18-20-6-2-1-3-7-20/h1-11,16-17H,12-15,18-19H2,(H,27,30). The number of carbonyl (C=O) groups is 1. The second-order valence-corrected chi connectivity index (χ2v) is 8.05. The third-order valence-electron chi connectivity index (χ3n) is 5.44. The predicted octanol–water partition coefficient (Wildman–Crippen LogP) is 4.59. The maximum Gasteiger partial charge on any atom is 0.251 e. The van der Waals surface area contributed by atoms with Gasteiger partial charge in [-0.3, -0.25) is 9.69 Å². The third-order valence-corrected chi connectivity index (χ3v) is 5.67. The van der Waals surface area contributed by atoms with Crippen molar-refractivity contribution >= 4 is 23.2 Å². The van der Waals surface area contributed by atoms with Crippen LogP contribution in [0.1, 0.15) is 21.5 Å². The van der Waals surface area contributed by atoms with E-state index >= 15 is 0 Å². The highest BCUT2D eigenvalue weighted by Crippen LogP contribution is 2.21. The van der Waals surface area contributed by atoms with Crippen LogP contribution >= 0.6 is 11.6 Å². The van der Waals surface area contributed by atoms with Crippen LogP contribution in [0.3, 0.4) is 0 Å². The van der Waals surface area contributed by atoms with Crippen molar-refractivity contribution in [2.75, 3.05) is 31.1 Å². The molecule has 3 aromatic carbocycles. The molecule has 30 heavy (non-hydrogen) atoms. The fourth-order valence-electron chi connectivity index (χ4n) is 3.79. The molecule has 5 heteroatoms. The topological polar surface area (TPSA) is 35.6 Å². The summed E-state index contributed by atoms with van der Waals surface area (Å²) in [6.45, 7) is 5.29. The summed E-state index contributed by atoms with van der Waals surface area (Å²) in [6.07, 6.45) is 0. The Bertz CT molecular complexity index is 984. The Morgan fingerprint density at radius 3 is 2.33 bits per heavy atom. The molecule has 0 bridgehead atoms. The molecule has 1 heterocycles. The molecule has 0 saturated carbocycles. The van der Waals surface area contributed by atoms with Gasteiger partial charge in [0.1, 0.15) is 0 Å². The number of rotatable bonds is 6. The molecule has 1 saturated heterocycles. The Morgan fingerprint density at radius 2 is 1.57 bits per heavy atom. The molecule has 0 unspecified atom stereocenters. The van der Waals surface area contributed by atoms with E-state index in [0.717, 1.165) is 43.3 Å². The molecule has 0 aromatic heterocycles. The van der Waals surface area contributed by atoms with E-state index in [1.807, 2.05) is 66.7 Å². The van der Waals surface area contributed by atoms with E-state index in [0.29, 0.717) is 12.1 Å². The van der Waals surface area contributed by atoms with Gasteiger partial charge in [0.25, 0.3) is 5.91 Å². The molecule has 1 amide bonds. The Hall–Kier alpha value is -2.82. The highest BCUT2D eigenvalue weighted by atomic mass is 35.5. The van der Waals surface area contributed by atoms with E-state index in [-0.39, 0.29) is 5.91 Å². The Morgan fingerprint density at radius 1 is 0.833 bits per heavy atom. The smallest absolute Gasteiger partial charge is 0.251 e. The summed E-state index contributed by atoms with van der Waals surface area (Å²) in [5.74, 6) is -0.0357. The highest BCUT2D eigenvalue weighted by Gasteiger charge is 2.18. The number of piperazine rings is 1. The van der Waals surface area contributed by atoms with E-state index < -0.39 is 0 Å². The first-order chi connectivity index (χ1) is 14.7. The van der Waals surface area contributed by atoms with E-state index in [2.05, 4.69) is 27.2 Å². The Kier molecular flexibility index (Phi) is 6.67. The van der Waals surface area contributed by atoms with Gasteiger partial charge in [-0.05, 0) is 41.5 Å².